The van der Waals surface area contributed by atoms with Crippen molar-refractivity contribution in [2.24, 2.45) is 7.05 Å². The number of benzene rings is 1. The quantitative estimate of drug-likeness (QED) is 0.612. The monoisotopic (exact) mass is 319 g/mol. The van der Waals surface area contributed by atoms with Gasteiger partial charge in [-0.1, -0.05) is 0 Å². The molecule has 0 saturated carbocycles. The molecule has 0 aliphatic carbocycles. The molecule has 1 aromatic heterocycles. The molecule has 0 unspecified atom stereocenters. The topological polar surface area (TPSA) is 97.0 Å². The van der Waals surface area contributed by atoms with Crippen LogP contribution in [0.15, 0.2) is 32.2 Å². The number of rotatable bonds is 3. The molecule has 0 saturated heterocycles. The third-order valence-corrected chi connectivity index (χ3v) is 3.33. The van der Waals surface area contributed by atoms with Crippen LogP contribution in [-0.2, 0) is 11.8 Å². The van der Waals surface area contributed by atoms with Crippen LogP contribution in [0.3, 0.4) is 0 Å². The Morgan fingerprint density at radius 2 is 2.00 bits per heavy atom. The third-order valence-electron chi connectivity index (χ3n) is 3.33. The SMILES string of the molecule is CCOC(=O)c1oc(=O)c(=O)n(C)c1-c1ccc2c(c1)OCO2. The minimum Gasteiger partial charge on any atom is -0.460 e. The van der Waals surface area contributed by atoms with E-state index in [1.807, 2.05) is 0 Å². The van der Waals surface area contributed by atoms with Crippen LogP contribution >= 0.6 is 0 Å². The predicted molar refractivity (Wildman–Crippen MR) is 77.7 cm³/mol. The zero-order chi connectivity index (χ0) is 16.6. The lowest BCUT2D eigenvalue weighted by molar-refractivity contribution is 0.0483. The van der Waals surface area contributed by atoms with Crippen molar-refractivity contribution in [2.75, 3.05) is 13.4 Å². The van der Waals surface area contributed by atoms with Crippen LogP contribution < -0.4 is 20.7 Å². The Hall–Kier alpha value is -3.03. The van der Waals surface area contributed by atoms with Gasteiger partial charge < -0.3 is 23.2 Å². The van der Waals surface area contributed by atoms with E-state index in [4.69, 9.17) is 18.6 Å². The van der Waals surface area contributed by atoms with Gasteiger partial charge in [-0.25, -0.2) is 9.59 Å². The van der Waals surface area contributed by atoms with Crippen molar-refractivity contribution in [1.29, 1.82) is 0 Å². The van der Waals surface area contributed by atoms with Crippen molar-refractivity contribution in [3.8, 4) is 22.8 Å². The summed E-state index contributed by atoms with van der Waals surface area (Å²) in [5, 5.41) is 0. The molecule has 0 N–H and O–H groups in total. The first-order valence-corrected chi connectivity index (χ1v) is 6.84. The molecule has 23 heavy (non-hydrogen) atoms. The highest BCUT2D eigenvalue weighted by Gasteiger charge is 2.24. The standard InChI is InChI=1S/C15H13NO7/c1-3-20-14(18)12-11(16(2)13(17)15(19)23-12)8-4-5-9-10(6-8)22-7-21-9/h4-6H,3,7H2,1-2H3. The number of esters is 1. The molecule has 0 atom stereocenters. The molecule has 0 bridgehead atoms. The Bertz CT molecular complexity index is 894. The highest BCUT2D eigenvalue weighted by atomic mass is 16.7. The first-order chi connectivity index (χ1) is 11.0. The van der Waals surface area contributed by atoms with Gasteiger partial charge in [-0.05, 0) is 25.1 Å². The maximum Gasteiger partial charge on any atom is 0.403 e. The second kappa shape index (κ2) is 5.64. The van der Waals surface area contributed by atoms with Crippen molar-refractivity contribution in [2.45, 2.75) is 6.92 Å². The van der Waals surface area contributed by atoms with Gasteiger partial charge in [-0.2, -0.15) is 0 Å². The lowest BCUT2D eigenvalue weighted by Gasteiger charge is -2.11. The largest absolute Gasteiger partial charge is 0.460 e. The zero-order valence-electron chi connectivity index (χ0n) is 12.5. The minimum absolute atomic E-state index is 0.0896. The molecule has 0 radical (unpaired) electrons. The van der Waals surface area contributed by atoms with Gasteiger partial charge >= 0.3 is 17.2 Å². The molecule has 8 nitrogen and oxygen atoms in total. The molecule has 0 fully saturated rings. The van der Waals surface area contributed by atoms with Crippen molar-refractivity contribution in [3.63, 3.8) is 0 Å². The van der Waals surface area contributed by atoms with Crippen LogP contribution in [0, 0.1) is 0 Å². The smallest absolute Gasteiger partial charge is 0.403 e. The van der Waals surface area contributed by atoms with E-state index in [-0.39, 0.29) is 24.9 Å². The Morgan fingerprint density at radius 3 is 2.74 bits per heavy atom. The minimum atomic E-state index is -1.14. The van der Waals surface area contributed by atoms with E-state index < -0.39 is 17.2 Å². The van der Waals surface area contributed by atoms with Gasteiger partial charge in [0.25, 0.3) is 0 Å². The lowest BCUT2D eigenvalue weighted by Crippen LogP contribution is -2.35. The van der Waals surface area contributed by atoms with Crippen LogP contribution in [0.4, 0.5) is 0 Å². The van der Waals surface area contributed by atoms with Crippen LogP contribution in [0.2, 0.25) is 0 Å². The van der Waals surface area contributed by atoms with Crippen molar-refractivity contribution >= 4 is 5.97 Å². The molecule has 3 rings (SSSR count). The number of aromatic nitrogens is 1. The average Bonchev–Trinajstić information content (AvgIpc) is 3.00. The molecular formula is C15H13NO7. The number of nitrogens with zero attached hydrogens (tertiary/aromatic N) is 1. The van der Waals surface area contributed by atoms with E-state index in [0.717, 1.165) is 4.57 Å². The number of fused-ring (bicyclic) bond motifs is 1. The van der Waals surface area contributed by atoms with E-state index in [1.165, 1.54) is 7.05 Å². The third kappa shape index (κ3) is 2.48. The fraction of sp³-hybridized carbons (Fsp3) is 0.267. The fourth-order valence-electron chi connectivity index (χ4n) is 2.28. The van der Waals surface area contributed by atoms with E-state index in [1.54, 1.807) is 25.1 Å². The maximum atomic E-state index is 12.1. The molecule has 0 spiro atoms. The summed E-state index contributed by atoms with van der Waals surface area (Å²) in [7, 11) is 1.38. The van der Waals surface area contributed by atoms with Gasteiger partial charge in [0, 0.05) is 12.6 Å². The highest BCUT2D eigenvalue weighted by Crippen LogP contribution is 2.36. The van der Waals surface area contributed by atoms with Crippen LogP contribution in [-0.4, -0.2) is 23.9 Å². The molecule has 1 aliphatic rings. The highest BCUT2D eigenvalue weighted by molar-refractivity contribution is 5.93. The first-order valence-electron chi connectivity index (χ1n) is 6.84. The fourth-order valence-corrected chi connectivity index (χ4v) is 2.28. The Labute approximate surface area is 129 Å². The summed E-state index contributed by atoms with van der Waals surface area (Å²) in [4.78, 5) is 35.5. The Morgan fingerprint density at radius 1 is 1.26 bits per heavy atom. The van der Waals surface area contributed by atoms with Gasteiger partial charge in [0.15, 0.2) is 11.5 Å². The summed E-state index contributed by atoms with van der Waals surface area (Å²) in [6, 6.07) is 4.87. The normalized spacial score (nSPS) is 12.3. The first kappa shape index (κ1) is 14.9. The number of ether oxygens (including phenoxy) is 3. The number of hydrogen-bond acceptors (Lipinski definition) is 7. The number of hydrogen-bond donors (Lipinski definition) is 0. The van der Waals surface area contributed by atoms with Crippen LogP contribution in [0.5, 0.6) is 11.5 Å². The molecule has 8 heteroatoms. The van der Waals surface area contributed by atoms with Gasteiger partial charge in [-0.15, -0.1) is 0 Å². The molecular weight excluding hydrogens is 306 g/mol. The zero-order valence-corrected chi connectivity index (χ0v) is 12.5. The van der Waals surface area contributed by atoms with Gasteiger partial charge in [0.2, 0.25) is 12.6 Å². The molecule has 120 valence electrons. The van der Waals surface area contributed by atoms with Crippen LogP contribution in [0.25, 0.3) is 11.3 Å². The summed E-state index contributed by atoms with van der Waals surface area (Å²) < 4.78 is 21.3. The van der Waals surface area contributed by atoms with E-state index in [9.17, 15) is 14.4 Å². The summed E-state index contributed by atoms with van der Waals surface area (Å²) >= 11 is 0. The van der Waals surface area contributed by atoms with Crippen molar-refractivity contribution in [1.82, 2.24) is 4.57 Å². The number of carbonyl (C=O) groups is 1. The summed E-state index contributed by atoms with van der Waals surface area (Å²) in [5.41, 5.74) is -1.43. The number of carbonyl (C=O) groups excluding carboxylic acids is 1. The molecule has 0 amide bonds. The summed E-state index contributed by atoms with van der Waals surface area (Å²) in [6.45, 7) is 1.82. The van der Waals surface area contributed by atoms with E-state index in [0.29, 0.717) is 17.1 Å². The Kier molecular flexibility index (Phi) is 3.65. The summed E-state index contributed by atoms with van der Waals surface area (Å²) in [6.07, 6.45) is 0. The van der Waals surface area contributed by atoms with Gasteiger partial charge in [-0.3, -0.25) is 4.79 Å². The van der Waals surface area contributed by atoms with E-state index in [2.05, 4.69) is 0 Å². The van der Waals surface area contributed by atoms with Gasteiger partial charge in [0.05, 0.1) is 6.61 Å². The molecule has 2 aromatic rings. The molecule has 2 heterocycles. The second-order valence-corrected chi connectivity index (χ2v) is 4.72. The predicted octanol–water partition coefficient (Wildman–Crippen LogP) is 0.911. The average molecular weight is 319 g/mol. The second-order valence-electron chi connectivity index (χ2n) is 4.72. The molecule has 1 aromatic carbocycles. The van der Waals surface area contributed by atoms with Crippen molar-refractivity contribution in [3.05, 3.63) is 44.7 Å². The Balaban J connectivity index is 2.25. The van der Waals surface area contributed by atoms with Crippen LogP contribution in [0.1, 0.15) is 17.5 Å². The maximum absolute atomic E-state index is 12.1. The lowest BCUT2D eigenvalue weighted by atomic mass is 10.1. The molecule has 1 aliphatic heterocycles. The van der Waals surface area contributed by atoms with E-state index >= 15 is 0 Å². The summed E-state index contributed by atoms with van der Waals surface area (Å²) in [5.74, 6) is -0.143. The van der Waals surface area contributed by atoms with Crippen molar-refractivity contribution < 1.29 is 23.4 Å². The van der Waals surface area contributed by atoms with Gasteiger partial charge in [0.1, 0.15) is 5.69 Å².